The first-order valence-corrected chi connectivity index (χ1v) is 25.5. The van der Waals surface area contributed by atoms with E-state index >= 15 is 0 Å². The number of hydrogen-bond acceptors (Lipinski definition) is 17. The van der Waals surface area contributed by atoms with Crippen molar-refractivity contribution < 1.29 is 70.4 Å². The molecule has 10 N–H and O–H groups in total. The number of hydroxylamine groups is 1. The molecule has 23 heteroatoms. The van der Waals surface area contributed by atoms with Gasteiger partial charge in [0.15, 0.2) is 11.6 Å². The molecule has 0 aromatic rings. The molecule has 0 aliphatic rings. The second-order valence-corrected chi connectivity index (χ2v) is 23.2. The molecule has 0 saturated carbocycles. The lowest BCUT2D eigenvalue weighted by molar-refractivity contribution is -0.131. The van der Waals surface area contributed by atoms with Gasteiger partial charge in [0, 0.05) is 25.0 Å². The number of rotatable bonds is 11. The summed E-state index contributed by atoms with van der Waals surface area (Å²) in [5.41, 5.74) is 1.37. The number of ketones is 5. The minimum Gasteiger partial charge on any atom is -0.299 e. The third-order valence-corrected chi connectivity index (χ3v) is 14.1. The van der Waals surface area contributed by atoms with Crippen molar-refractivity contribution in [3.63, 3.8) is 0 Å². The van der Waals surface area contributed by atoms with Gasteiger partial charge in [-0.1, -0.05) is 15.9 Å². The van der Waals surface area contributed by atoms with Crippen molar-refractivity contribution in [2.45, 2.75) is 84.0 Å². The first-order chi connectivity index (χ1) is 22.2. The zero-order valence-electron chi connectivity index (χ0n) is 32.5. The molecule has 1 unspecified atom stereocenters. The molecule has 0 aromatic carbocycles. The van der Waals surface area contributed by atoms with Gasteiger partial charge < -0.3 is 0 Å². The van der Waals surface area contributed by atoms with Gasteiger partial charge in [-0.2, -0.15) is 66.7 Å². The van der Waals surface area contributed by atoms with Crippen LogP contribution in [0.5, 0.6) is 0 Å². The van der Waals surface area contributed by atoms with Crippen molar-refractivity contribution in [1.82, 2.24) is 5.48 Å². The van der Waals surface area contributed by atoms with E-state index in [1.54, 1.807) is 24.9 Å². The molecule has 0 saturated heterocycles. The van der Waals surface area contributed by atoms with Crippen LogP contribution in [-0.4, -0.2) is 146 Å². The number of carbonyl (C=O) groups is 6. The quantitative estimate of drug-likeness (QED) is 0.0425. The van der Waals surface area contributed by atoms with E-state index in [0.29, 0.717) is 11.1 Å². The van der Waals surface area contributed by atoms with E-state index in [4.69, 9.17) is 41.6 Å². The third-order valence-electron chi connectivity index (χ3n) is 5.68. The molecule has 0 radical (unpaired) electrons. The summed E-state index contributed by atoms with van der Waals surface area (Å²) >= 11 is 8.05. The zero-order chi connectivity index (χ0) is 43.6. The number of carbonyl (C=O) groups excluding carboxylic acids is 6. The Bertz CT molecular complexity index is 1020. The molecule has 1 atom stereocenters. The molecule has 0 spiro atoms. The second-order valence-electron chi connectivity index (χ2n) is 11.6. The summed E-state index contributed by atoms with van der Waals surface area (Å²) in [6.45, 7) is 14.4. The number of hydrogen-bond donors (Lipinski definition) is 11. The number of amides is 1. The Balaban J connectivity index is -0.0000000916. The van der Waals surface area contributed by atoms with Crippen LogP contribution in [0.4, 0.5) is 0 Å². The van der Waals surface area contributed by atoms with Crippen LogP contribution in [0.15, 0.2) is 0 Å². The standard InChI is InChI=1S/C6H14O3S.C5H13NO4S.C5H12O3S.C4H10O3S.C4H8OS.C3H5BrO.CH4S/c1-5(7)6(2,3)10(4,8)9;1-5(2,4(7)6-8)11(3,9)10;1-4(6)5(2)9(3,7)8;1-4(5)3-8(2,6)7;1-4(5)3-6-2;1-3(5)2-4;1-2/h8-9H,1-4H3;8-10H,1-3H3,(H,6,7);5,7-8H,1-3H3;6-7H,3H2,1-2H3;3H2,1-2H3;2H2,1H3;2H,1H3. The Morgan fingerprint density at radius 2 is 1.02 bits per heavy atom. The highest BCUT2D eigenvalue weighted by Gasteiger charge is 2.38. The van der Waals surface area contributed by atoms with Crippen LogP contribution < -0.4 is 5.48 Å². The van der Waals surface area contributed by atoms with Crippen molar-refractivity contribution in [1.29, 1.82) is 0 Å². The van der Waals surface area contributed by atoms with Crippen LogP contribution in [-0.2, 0) is 28.8 Å². The van der Waals surface area contributed by atoms with Crippen LogP contribution >= 0.6 is 82.7 Å². The van der Waals surface area contributed by atoms with Gasteiger partial charge in [0.25, 0.3) is 5.91 Å². The lowest BCUT2D eigenvalue weighted by Gasteiger charge is -2.41. The molecule has 316 valence electrons. The zero-order valence-corrected chi connectivity index (χ0v) is 39.1. The minimum absolute atomic E-state index is 0.118. The van der Waals surface area contributed by atoms with Gasteiger partial charge in [0.2, 0.25) is 0 Å². The summed E-state index contributed by atoms with van der Waals surface area (Å²) in [7, 11) is -11.0. The first-order valence-electron chi connectivity index (χ1n) is 14.1. The van der Waals surface area contributed by atoms with Crippen molar-refractivity contribution >= 4 is 118 Å². The summed E-state index contributed by atoms with van der Waals surface area (Å²) in [5, 5.41) is 8.08. The average Bonchev–Trinajstić information content (AvgIpc) is 2.91. The topological polar surface area (TPSA) is 297 Å². The van der Waals surface area contributed by atoms with E-state index in [0.717, 1.165) is 6.26 Å². The van der Waals surface area contributed by atoms with Gasteiger partial charge in [0.05, 0.1) is 16.8 Å². The minimum atomic E-state index is -2.99. The van der Waals surface area contributed by atoms with Crippen molar-refractivity contribution in [3.8, 4) is 0 Å². The lowest BCUT2D eigenvalue weighted by atomic mass is 10.1. The van der Waals surface area contributed by atoms with Gasteiger partial charge in [-0.3, -0.25) is 70.4 Å². The molecule has 51 heavy (non-hydrogen) atoms. The fourth-order valence-electron chi connectivity index (χ4n) is 1.49. The SMILES string of the molecule is CC(=O)C(C)(C)S(C)(O)O.CC(=O)C(C)S(C)(O)O.CC(=O)CBr.CC(=O)CS(C)(O)O.CC(C)(C(=O)NO)S(C)(O)O.CS.CSCC(C)=O. The summed E-state index contributed by atoms with van der Waals surface area (Å²) in [6.07, 6.45) is 8.59. The van der Waals surface area contributed by atoms with E-state index in [1.807, 2.05) is 6.26 Å². The molecule has 0 bridgehead atoms. The van der Waals surface area contributed by atoms with E-state index in [1.165, 1.54) is 86.6 Å². The maximum Gasteiger partial charge on any atom is 0.268 e. The number of thioether (sulfide) groups is 1. The van der Waals surface area contributed by atoms with Crippen LogP contribution in [0.3, 0.4) is 0 Å². The molecule has 16 nitrogen and oxygen atoms in total. The molecular formula is C28H66BrNO15S6. The van der Waals surface area contributed by atoms with E-state index in [-0.39, 0.29) is 34.7 Å². The summed E-state index contributed by atoms with van der Waals surface area (Å²) in [5.74, 6) is -0.417. The largest absolute Gasteiger partial charge is 0.299 e. The summed E-state index contributed by atoms with van der Waals surface area (Å²) in [4.78, 5) is 62.1. The Hall–Kier alpha value is 0.0400. The van der Waals surface area contributed by atoms with E-state index < -0.39 is 63.0 Å². The van der Waals surface area contributed by atoms with Crippen molar-refractivity contribution in [2.75, 3.05) is 54.4 Å². The molecule has 0 heterocycles. The number of alkyl halides is 1. The van der Waals surface area contributed by atoms with Crippen LogP contribution in [0.2, 0.25) is 0 Å². The normalized spacial score (nSPS) is 13.0. The Morgan fingerprint density at radius 3 is 1.04 bits per heavy atom. The average molecular weight is 929 g/mol. The number of halogens is 1. The Labute approximate surface area is 329 Å². The molecular weight excluding hydrogens is 863 g/mol. The van der Waals surface area contributed by atoms with Gasteiger partial charge in [0.1, 0.15) is 32.1 Å². The highest BCUT2D eigenvalue weighted by Crippen LogP contribution is 2.49. The predicted octanol–water partition coefficient (Wildman–Crippen LogP) is 7.14. The molecule has 0 fully saturated rings. The van der Waals surface area contributed by atoms with Gasteiger partial charge in [-0.05, 0) is 81.7 Å². The summed E-state index contributed by atoms with van der Waals surface area (Å²) in [6, 6.07) is 0. The number of Topliss-reactive ketones (excluding diaryl/α,β-unsaturated/α-hetero) is 5. The molecule has 0 aliphatic heterocycles. The highest BCUT2D eigenvalue weighted by molar-refractivity contribution is 9.09. The maximum absolute atomic E-state index is 10.8. The predicted molar refractivity (Wildman–Crippen MR) is 228 cm³/mol. The van der Waals surface area contributed by atoms with Crippen molar-refractivity contribution in [3.05, 3.63) is 0 Å². The van der Waals surface area contributed by atoms with Crippen LogP contribution in [0.25, 0.3) is 0 Å². The monoisotopic (exact) mass is 927 g/mol. The number of nitrogens with one attached hydrogen (secondary N) is 1. The first kappa shape index (κ1) is 65.9. The van der Waals surface area contributed by atoms with Gasteiger partial charge in [-0.25, -0.2) is 5.48 Å². The smallest absolute Gasteiger partial charge is 0.268 e. The third kappa shape index (κ3) is 42.6. The maximum atomic E-state index is 10.8. The highest BCUT2D eigenvalue weighted by atomic mass is 79.9. The lowest BCUT2D eigenvalue weighted by Crippen LogP contribution is -2.44. The van der Waals surface area contributed by atoms with Crippen LogP contribution in [0.1, 0.15) is 69.2 Å². The number of thiol groups is 1. The summed E-state index contributed by atoms with van der Waals surface area (Å²) < 4.78 is 69.1. The van der Waals surface area contributed by atoms with E-state index in [2.05, 4.69) is 28.6 Å². The molecule has 0 rings (SSSR count). The Kier molecular flexibility index (Phi) is 40.4. The molecule has 0 aromatic heterocycles. The van der Waals surface area contributed by atoms with Gasteiger partial charge >= 0.3 is 0 Å². The van der Waals surface area contributed by atoms with Crippen molar-refractivity contribution in [2.24, 2.45) is 0 Å². The fraction of sp³-hybridized carbons (Fsp3) is 0.786. The van der Waals surface area contributed by atoms with E-state index in [9.17, 15) is 28.8 Å². The fourth-order valence-corrected chi connectivity index (χ4v) is 4.23. The van der Waals surface area contributed by atoms with Gasteiger partial charge in [-0.15, -0.1) is 0 Å². The second kappa shape index (κ2) is 31.3. The van der Waals surface area contributed by atoms with Crippen LogP contribution in [0, 0.1) is 0 Å². The molecule has 1 amide bonds. The Morgan fingerprint density at radius 1 is 0.706 bits per heavy atom. The molecule has 0 aliphatic carbocycles.